The molecule has 0 radical (unpaired) electrons. The second kappa shape index (κ2) is 7.09. The largest absolute Gasteiger partial charge is 0.399 e. The van der Waals surface area contributed by atoms with E-state index in [2.05, 4.69) is 4.98 Å². The van der Waals surface area contributed by atoms with Crippen LogP contribution in [0.1, 0.15) is 22.8 Å². The molecule has 4 nitrogen and oxygen atoms in total. The maximum Gasteiger partial charge on any atom is 0.255 e. The van der Waals surface area contributed by atoms with E-state index in [0.29, 0.717) is 29.4 Å². The number of nitrogens with two attached hydrogens (primary N) is 1. The third-order valence-corrected chi connectivity index (χ3v) is 3.64. The minimum atomic E-state index is -0.0937. The van der Waals surface area contributed by atoms with Crippen LogP contribution < -0.4 is 5.73 Å². The molecule has 0 aliphatic heterocycles. The summed E-state index contributed by atoms with van der Waals surface area (Å²) in [6.45, 7) is 3.20. The molecule has 0 aliphatic carbocycles. The normalized spacial score (nSPS) is 10.4. The minimum absolute atomic E-state index is 0.0937. The molecule has 1 amide bonds. The molecule has 0 fully saturated rings. The van der Waals surface area contributed by atoms with Gasteiger partial charge in [-0.3, -0.25) is 9.78 Å². The van der Waals surface area contributed by atoms with E-state index in [1.165, 1.54) is 0 Å². The predicted molar refractivity (Wildman–Crippen MR) is 85.4 cm³/mol. The van der Waals surface area contributed by atoms with Gasteiger partial charge in [0, 0.05) is 31.2 Å². The van der Waals surface area contributed by atoms with Gasteiger partial charge in [0.1, 0.15) is 0 Å². The van der Waals surface area contributed by atoms with Crippen molar-refractivity contribution in [2.75, 3.05) is 18.8 Å². The number of nitrogens with zero attached hydrogens (tertiary/aromatic N) is 2. The summed E-state index contributed by atoms with van der Waals surface area (Å²) in [7, 11) is 0. The SMILES string of the molecule is CCN(CCc1ccncc1)C(=O)c1cc(N)ccc1Cl. The van der Waals surface area contributed by atoms with Gasteiger partial charge < -0.3 is 10.6 Å². The summed E-state index contributed by atoms with van der Waals surface area (Å²) in [5.74, 6) is -0.0937. The van der Waals surface area contributed by atoms with Gasteiger partial charge in [-0.2, -0.15) is 0 Å². The van der Waals surface area contributed by atoms with Crippen molar-refractivity contribution >= 4 is 23.2 Å². The Morgan fingerprint density at radius 3 is 2.67 bits per heavy atom. The van der Waals surface area contributed by atoms with Crippen LogP contribution in [0.3, 0.4) is 0 Å². The molecule has 2 rings (SSSR count). The number of benzene rings is 1. The maximum atomic E-state index is 12.5. The number of nitrogen functional groups attached to an aromatic ring is 1. The quantitative estimate of drug-likeness (QED) is 0.864. The Morgan fingerprint density at radius 1 is 1.29 bits per heavy atom. The van der Waals surface area contributed by atoms with Gasteiger partial charge >= 0.3 is 0 Å². The summed E-state index contributed by atoms with van der Waals surface area (Å²) in [5.41, 5.74) is 7.87. The van der Waals surface area contributed by atoms with Gasteiger partial charge in [-0.1, -0.05) is 11.6 Å². The Morgan fingerprint density at radius 2 is 2.00 bits per heavy atom. The van der Waals surface area contributed by atoms with Crippen molar-refractivity contribution in [2.45, 2.75) is 13.3 Å². The Kier molecular flexibility index (Phi) is 5.17. The van der Waals surface area contributed by atoms with Crippen molar-refractivity contribution in [3.8, 4) is 0 Å². The molecule has 21 heavy (non-hydrogen) atoms. The molecule has 2 aromatic rings. The monoisotopic (exact) mass is 303 g/mol. The summed E-state index contributed by atoms with van der Waals surface area (Å²) in [6.07, 6.45) is 4.28. The topological polar surface area (TPSA) is 59.2 Å². The van der Waals surface area contributed by atoms with Gasteiger partial charge in [0.2, 0.25) is 0 Å². The van der Waals surface area contributed by atoms with E-state index < -0.39 is 0 Å². The zero-order valence-electron chi connectivity index (χ0n) is 11.9. The van der Waals surface area contributed by atoms with Gasteiger partial charge in [-0.05, 0) is 49.2 Å². The van der Waals surface area contributed by atoms with E-state index in [1.54, 1.807) is 35.5 Å². The van der Waals surface area contributed by atoms with Crippen LogP contribution in [0.5, 0.6) is 0 Å². The Balaban J connectivity index is 2.10. The average molecular weight is 304 g/mol. The number of likely N-dealkylation sites (N-methyl/N-ethyl adjacent to an activating group) is 1. The first-order chi connectivity index (χ1) is 10.1. The fourth-order valence-electron chi connectivity index (χ4n) is 2.09. The molecule has 2 N–H and O–H groups in total. The maximum absolute atomic E-state index is 12.5. The summed E-state index contributed by atoms with van der Waals surface area (Å²) in [5, 5.41) is 0.427. The third kappa shape index (κ3) is 3.95. The molecule has 0 saturated heterocycles. The molecule has 0 spiro atoms. The fourth-order valence-corrected chi connectivity index (χ4v) is 2.29. The van der Waals surface area contributed by atoms with E-state index in [0.717, 1.165) is 12.0 Å². The number of carbonyl (C=O) groups is 1. The average Bonchev–Trinajstić information content (AvgIpc) is 2.51. The number of pyridine rings is 1. The summed E-state index contributed by atoms with van der Waals surface area (Å²) in [4.78, 5) is 18.3. The highest BCUT2D eigenvalue weighted by Gasteiger charge is 2.17. The standard InChI is InChI=1S/C16H18ClN3O/c1-2-20(10-7-12-5-8-19-9-6-12)16(21)14-11-13(18)3-4-15(14)17/h3-6,8-9,11H,2,7,10,18H2,1H3. The number of amides is 1. The van der Waals surface area contributed by atoms with Crippen LogP contribution >= 0.6 is 11.6 Å². The van der Waals surface area contributed by atoms with Crippen LogP contribution in [-0.2, 0) is 6.42 Å². The van der Waals surface area contributed by atoms with Gasteiger partial charge in [0.15, 0.2) is 0 Å². The van der Waals surface area contributed by atoms with Crippen LogP contribution in [-0.4, -0.2) is 28.9 Å². The molecule has 0 atom stereocenters. The minimum Gasteiger partial charge on any atom is -0.399 e. The number of aromatic nitrogens is 1. The van der Waals surface area contributed by atoms with E-state index in [4.69, 9.17) is 17.3 Å². The first-order valence-corrected chi connectivity index (χ1v) is 7.22. The lowest BCUT2D eigenvalue weighted by molar-refractivity contribution is 0.0766. The second-order valence-corrected chi connectivity index (χ2v) is 5.14. The molecule has 1 aromatic carbocycles. The number of hydrogen-bond acceptors (Lipinski definition) is 3. The number of anilines is 1. The van der Waals surface area contributed by atoms with Crippen LogP contribution in [0.15, 0.2) is 42.7 Å². The zero-order chi connectivity index (χ0) is 15.2. The van der Waals surface area contributed by atoms with Gasteiger partial charge in [-0.15, -0.1) is 0 Å². The molecule has 0 unspecified atom stereocenters. The smallest absolute Gasteiger partial charge is 0.255 e. The van der Waals surface area contributed by atoms with Gasteiger partial charge in [0.05, 0.1) is 10.6 Å². The molecule has 1 heterocycles. The lowest BCUT2D eigenvalue weighted by Gasteiger charge is -2.21. The molecular formula is C16H18ClN3O. The van der Waals surface area contributed by atoms with Crippen LogP contribution in [0, 0.1) is 0 Å². The summed E-state index contributed by atoms with van der Waals surface area (Å²) < 4.78 is 0. The lowest BCUT2D eigenvalue weighted by atomic mass is 10.1. The van der Waals surface area contributed by atoms with Crippen molar-refractivity contribution < 1.29 is 4.79 Å². The Labute approximate surface area is 129 Å². The third-order valence-electron chi connectivity index (χ3n) is 3.31. The Bertz CT molecular complexity index is 616. The van der Waals surface area contributed by atoms with Crippen LogP contribution in [0.25, 0.3) is 0 Å². The van der Waals surface area contributed by atoms with Crippen molar-refractivity contribution in [1.82, 2.24) is 9.88 Å². The molecule has 0 aliphatic rings. The van der Waals surface area contributed by atoms with Crippen molar-refractivity contribution in [1.29, 1.82) is 0 Å². The molecule has 110 valence electrons. The van der Waals surface area contributed by atoms with Crippen molar-refractivity contribution in [3.05, 3.63) is 58.9 Å². The van der Waals surface area contributed by atoms with Gasteiger partial charge in [0.25, 0.3) is 5.91 Å². The van der Waals surface area contributed by atoms with Crippen LogP contribution in [0.2, 0.25) is 5.02 Å². The molecule has 1 aromatic heterocycles. The predicted octanol–water partition coefficient (Wildman–Crippen LogP) is 3.02. The summed E-state index contributed by atoms with van der Waals surface area (Å²) in [6, 6.07) is 8.87. The highest BCUT2D eigenvalue weighted by Crippen LogP contribution is 2.20. The van der Waals surface area contributed by atoms with Crippen molar-refractivity contribution in [3.63, 3.8) is 0 Å². The van der Waals surface area contributed by atoms with Gasteiger partial charge in [-0.25, -0.2) is 0 Å². The van der Waals surface area contributed by atoms with Crippen LogP contribution in [0.4, 0.5) is 5.69 Å². The number of rotatable bonds is 5. The first kappa shape index (κ1) is 15.3. The highest BCUT2D eigenvalue weighted by molar-refractivity contribution is 6.34. The highest BCUT2D eigenvalue weighted by atomic mass is 35.5. The number of carbonyl (C=O) groups excluding carboxylic acids is 1. The number of hydrogen-bond donors (Lipinski definition) is 1. The zero-order valence-corrected chi connectivity index (χ0v) is 12.7. The van der Waals surface area contributed by atoms with E-state index >= 15 is 0 Å². The van der Waals surface area contributed by atoms with E-state index in [1.807, 2.05) is 19.1 Å². The first-order valence-electron chi connectivity index (χ1n) is 6.85. The summed E-state index contributed by atoms with van der Waals surface area (Å²) >= 11 is 6.10. The molecule has 0 saturated carbocycles. The molecule has 0 bridgehead atoms. The molecular weight excluding hydrogens is 286 g/mol. The lowest BCUT2D eigenvalue weighted by Crippen LogP contribution is -2.33. The fraction of sp³-hybridized carbons (Fsp3) is 0.250. The second-order valence-electron chi connectivity index (χ2n) is 4.73. The Hall–Kier alpha value is -2.07. The van der Waals surface area contributed by atoms with E-state index in [-0.39, 0.29) is 5.91 Å². The van der Waals surface area contributed by atoms with E-state index in [9.17, 15) is 4.79 Å². The van der Waals surface area contributed by atoms with Crippen molar-refractivity contribution in [2.24, 2.45) is 0 Å². The molecule has 5 heteroatoms. The number of halogens is 1.